The van der Waals surface area contributed by atoms with Gasteiger partial charge in [-0.25, -0.2) is 4.98 Å². The fraction of sp³-hybridized carbons (Fsp3) is 0.429. The van der Waals surface area contributed by atoms with Crippen LogP contribution in [0.15, 0.2) is 33.4 Å². The summed E-state index contributed by atoms with van der Waals surface area (Å²) in [5.41, 5.74) is 1.91. The van der Waals surface area contributed by atoms with Crippen molar-refractivity contribution in [3.8, 4) is 11.5 Å². The van der Waals surface area contributed by atoms with E-state index in [2.05, 4.69) is 15.5 Å². The number of rotatable bonds is 4. The van der Waals surface area contributed by atoms with Gasteiger partial charge in [0.2, 0.25) is 5.91 Å². The molecule has 29 heavy (non-hydrogen) atoms. The number of hydrogen-bond donors (Lipinski definition) is 1. The van der Waals surface area contributed by atoms with E-state index in [1.165, 1.54) is 0 Å². The summed E-state index contributed by atoms with van der Waals surface area (Å²) in [5, 5.41) is 7.65. The monoisotopic (exact) mass is 394 g/mol. The summed E-state index contributed by atoms with van der Waals surface area (Å²) in [7, 11) is 0. The average molecular weight is 394 g/mol. The SMILES string of the molecule is Cc1noc2nc(-c3ccco3)cc(C(=O)N3CCCC(C(=O)NC4CC4)C3)c12. The van der Waals surface area contributed by atoms with E-state index in [9.17, 15) is 9.59 Å². The summed E-state index contributed by atoms with van der Waals surface area (Å²) in [6, 6.07) is 5.60. The number of piperidine rings is 1. The number of aryl methyl sites for hydroxylation is 1. The van der Waals surface area contributed by atoms with Gasteiger partial charge in [-0.1, -0.05) is 5.16 Å². The molecule has 2 amide bonds. The van der Waals surface area contributed by atoms with Gasteiger partial charge in [-0.3, -0.25) is 9.59 Å². The van der Waals surface area contributed by atoms with Crippen LogP contribution in [0.2, 0.25) is 0 Å². The molecule has 5 rings (SSSR count). The van der Waals surface area contributed by atoms with Crippen LogP contribution < -0.4 is 5.32 Å². The molecule has 3 aromatic rings. The smallest absolute Gasteiger partial charge is 0.259 e. The Bertz CT molecular complexity index is 1070. The molecule has 2 aliphatic rings. The highest BCUT2D eigenvalue weighted by molar-refractivity contribution is 6.07. The molecule has 0 bridgehead atoms. The van der Waals surface area contributed by atoms with Gasteiger partial charge in [-0.2, -0.15) is 0 Å². The fourth-order valence-electron chi connectivity index (χ4n) is 3.91. The number of nitrogens with one attached hydrogen (secondary N) is 1. The maximum absolute atomic E-state index is 13.5. The molecular formula is C21H22N4O4. The van der Waals surface area contributed by atoms with E-state index in [0.29, 0.717) is 52.9 Å². The maximum atomic E-state index is 13.5. The molecule has 4 heterocycles. The number of carbonyl (C=O) groups is 2. The van der Waals surface area contributed by atoms with Crippen molar-refractivity contribution in [2.45, 2.75) is 38.6 Å². The molecule has 1 atom stereocenters. The lowest BCUT2D eigenvalue weighted by atomic mass is 9.96. The van der Waals surface area contributed by atoms with Gasteiger partial charge in [0.05, 0.1) is 28.8 Å². The fourth-order valence-corrected chi connectivity index (χ4v) is 3.91. The van der Waals surface area contributed by atoms with E-state index in [-0.39, 0.29) is 17.7 Å². The van der Waals surface area contributed by atoms with Crippen LogP contribution in [0.4, 0.5) is 0 Å². The highest BCUT2D eigenvalue weighted by Crippen LogP contribution is 2.29. The van der Waals surface area contributed by atoms with Crippen LogP contribution in [0.25, 0.3) is 22.6 Å². The quantitative estimate of drug-likeness (QED) is 0.730. The first-order valence-corrected chi connectivity index (χ1v) is 10.0. The van der Waals surface area contributed by atoms with Gasteiger partial charge in [0.15, 0.2) is 5.76 Å². The van der Waals surface area contributed by atoms with Crippen molar-refractivity contribution in [3.63, 3.8) is 0 Å². The number of furan rings is 1. The lowest BCUT2D eigenvalue weighted by Gasteiger charge is -2.32. The van der Waals surface area contributed by atoms with Gasteiger partial charge in [-0.15, -0.1) is 0 Å². The van der Waals surface area contributed by atoms with Crippen molar-refractivity contribution in [1.82, 2.24) is 20.4 Å². The van der Waals surface area contributed by atoms with Crippen molar-refractivity contribution >= 4 is 22.9 Å². The molecule has 2 fully saturated rings. The lowest BCUT2D eigenvalue weighted by Crippen LogP contribution is -2.46. The van der Waals surface area contributed by atoms with Crippen molar-refractivity contribution in [1.29, 1.82) is 0 Å². The molecule has 8 nitrogen and oxygen atoms in total. The van der Waals surface area contributed by atoms with Gasteiger partial charge in [0.25, 0.3) is 11.6 Å². The Morgan fingerprint density at radius 3 is 2.90 bits per heavy atom. The molecule has 1 saturated heterocycles. The van der Waals surface area contributed by atoms with Crippen LogP contribution in [-0.2, 0) is 4.79 Å². The third-order valence-corrected chi connectivity index (χ3v) is 5.62. The topological polar surface area (TPSA) is 101 Å². The van der Waals surface area contributed by atoms with Crippen molar-refractivity contribution in [2.75, 3.05) is 13.1 Å². The minimum atomic E-state index is -0.168. The summed E-state index contributed by atoms with van der Waals surface area (Å²) in [6.45, 7) is 2.83. The minimum absolute atomic E-state index is 0.0577. The zero-order valence-corrected chi connectivity index (χ0v) is 16.2. The van der Waals surface area contributed by atoms with Crippen molar-refractivity contribution in [2.24, 2.45) is 5.92 Å². The van der Waals surface area contributed by atoms with E-state index in [1.54, 1.807) is 36.3 Å². The number of fused-ring (bicyclic) bond motifs is 1. The predicted octanol–water partition coefficient (Wildman–Crippen LogP) is 2.92. The Balaban J connectivity index is 1.46. The van der Waals surface area contributed by atoms with Crippen molar-refractivity contribution < 1.29 is 18.5 Å². The number of carbonyl (C=O) groups excluding carboxylic acids is 2. The number of aromatic nitrogens is 2. The molecule has 1 N–H and O–H groups in total. The molecule has 1 saturated carbocycles. The normalized spacial score (nSPS) is 19.5. The summed E-state index contributed by atoms with van der Waals surface area (Å²) in [4.78, 5) is 32.2. The van der Waals surface area contributed by atoms with Crippen molar-refractivity contribution in [3.05, 3.63) is 35.7 Å². The highest BCUT2D eigenvalue weighted by atomic mass is 16.5. The molecule has 0 spiro atoms. The van der Waals surface area contributed by atoms with Gasteiger partial charge in [-0.05, 0) is 50.8 Å². The number of pyridine rings is 1. The van der Waals surface area contributed by atoms with E-state index >= 15 is 0 Å². The van der Waals surface area contributed by atoms with Crippen LogP contribution in [0.5, 0.6) is 0 Å². The third kappa shape index (κ3) is 3.39. The Labute approximate surface area is 167 Å². The first kappa shape index (κ1) is 17.9. The molecule has 0 aromatic carbocycles. The zero-order chi connectivity index (χ0) is 20.0. The number of likely N-dealkylation sites (tertiary alicyclic amines) is 1. The largest absolute Gasteiger partial charge is 0.463 e. The van der Waals surface area contributed by atoms with Crippen LogP contribution in [0.1, 0.15) is 41.7 Å². The van der Waals surface area contributed by atoms with Crippen LogP contribution >= 0.6 is 0 Å². The molecule has 1 unspecified atom stereocenters. The first-order valence-electron chi connectivity index (χ1n) is 10.0. The summed E-state index contributed by atoms with van der Waals surface area (Å²) < 4.78 is 10.8. The van der Waals surface area contributed by atoms with Crippen LogP contribution in [0, 0.1) is 12.8 Å². The summed E-state index contributed by atoms with van der Waals surface area (Å²) >= 11 is 0. The summed E-state index contributed by atoms with van der Waals surface area (Å²) in [5.74, 6) is 0.303. The Hall–Kier alpha value is -3.16. The lowest BCUT2D eigenvalue weighted by molar-refractivity contribution is -0.126. The second-order valence-electron chi connectivity index (χ2n) is 7.85. The van der Waals surface area contributed by atoms with Gasteiger partial charge < -0.3 is 19.2 Å². The van der Waals surface area contributed by atoms with Gasteiger partial charge in [0, 0.05) is 19.1 Å². The number of hydrogen-bond acceptors (Lipinski definition) is 6. The van der Waals surface area contributed by atoms with E-state index < -0.39 is 0 Å². The maximum Gasteiger partial charge on any atom is 0.259 e. The highest BCUT2D eigenvalue weighted by Gasteiger charge is 2.33. The number of nitrogens with zero attached hydrogens (tertiary/aromatic N) is 3. The first-order chi connectivity index (χ1) is 14.1. The molecule has 3 aromatic heterocycles. The molecule has 0 radical (unpaired) electrons. The molecule has 8 heteroatoms. The molecule has 1 aliphatic carbocycles. The minimum Gasteiger partial charge on any atom is -0.463 e. The predicted molar refractivity (Wildman–Crippen MR) is 104 cm³/mol. The molecule has 150 valence electrons. The van der Waals surface area contributed by atoms with Crippen LogP contribution in [-0.4, -0.2) is 46.0 Å². The average Bonchev–Trinajstić information content (AvgIpc) is 3.23. The Morgan fingerprint density at radius 2 is 2.14 bits per heavy atom. The standard InChI is InChI=1S/C21H22N4O4/c1-12-18-15(10-16(17-5-3-9-28-17)23-20(18)29-24-12)21(27)25-8-2-4-13(11-25)19(26)22-14-6-7-14/h3,5,9-10,13-14H,2,4,6-8,11H2,1H3,(H,22,26). The second kappa shape index (κ2) is 7.02. The zero-order valence-electron chi connectivity index (χ0n) is 16.2. The van der Waals surface area contributed by atoms with E-state index in [0.717, 1.165) is 25.7 Å². The third-order valence-electron chi connectivity index (χ3n) is 5.62. The van der Waals surface area contributed by atoms with Gasteiger partial charge in [0.1, 0.15) is 5.69 Å². The van der Waals surface area contributed by atoms with Gasteiger partial charge >= 0.3 is 0 Å². The van der Waals surface area contributed by atoms with E-state index in [1.807, 2.05) is 0 Å². The molecular weight excluding hydrogens is 372 g/mol. The van der Waals surface area contributed by atoms with E-state index in [4.69, 9.17) is 8.94 Å². The summed E-state index contributed by atoms with van der Waals surface area (Å²) in [6.07, 6.45) is 5.27. The Kier molecular flexibility index (Phi) is 4.34. The number of amides is 2. The molecule has 1 aliphatic heterocycles. The second-order valence-corrected chi connectivity index (χ2v) is 7.85. The van der Waals surface area contributed by atoms with Crippen LogP contribution in [0.3, 0.4) is 0 Å². The Morgan fingerprint density at radius 1 is 1.28 bits per heavy atom.